The van der Waals surface area contributed by atoms with Gasteiger partial charge < -0.3 is 5.73 Å². The molecular weight excluding hydrogens is 268 g/mol. The second kappa shape index (κ2) is 4.81. The molecule has 1 aliphatic rings. The summed E-state index contributed by atoms with van der Waals surface area (Å²) in [6.07, 6.45) is 3.12. The maximum atomic E-state index is 5.88. The molecule has 4 nitrogen and oxygen atoms in total. The molecule has 20 heavy (non-hydrogen) atoms. The van der Waals surface area contributed by atoms with Gasteiger partial charge in [-0.05, 0) is 12.8 Å². The van der Waals surface area contributed by atoms with Crippen LogP contribution < -0.4 is 5.73 Å². The zero-order valence-electron chi connectivity index (χ0n) is 12.2. The first kappa shape index (κ1) is 13.5. The van der Waals surface area contributed by atoms with E-state index in [4.69, 9.17) is 10.7 Å². The molecule has 0 aliphatic heterocycles. The van der Waals surface area contributed by atoms with Gasteiger partial charge in [0.1, 0.15) is 11.6 Å². The normalized spacial score (nSPS) is 15.6. The molecule has 5 heteroatoms. The van der Waals surface area contributed by atoms with Crippen molar-refractivity contribution in [1.29, 1.82) is 0 Å². The second-order valence-electron chi connectivity index (χ2n) is 6.47. The first-order valence-electron chi connectivity index (χ1n) is 7.00. The van der Waals surface area contributed by atoms with Gasteiger partial charge in [-0.1, -0.05) is 20.8 Å². The van der Waals surface area contributed by atoms with Gasteiger partial charge in [0.05, 0.1) is 16.4 Å². The van der Waals surface area contributed by atoms with Gasteiger partial charge >= 0.3 is 0 Å². The third-order valence-electron chi connectivity index (χ3n) is 3.41. The van der Waals surface area contributed by atoms with Crippen LogP contribution in [-0.2, 0) is 11.8 Å². The number of thiazole rings is 1. The van der Waals surface area contributed by atoms with Crippen molar-refractivity contribution in [3.8, 4) is 0 Å². The molecule has 1 fully saturated rings. The summed E-state index contributed by atoms with van der Waals surface area (Å²) in [4.78, 5) is 13.7. The number of nitrogens with two attached hydrogens (primary N) is 1. The predicted molar refractivity (Wildman–Crippen MR) is 82.0 cm³/mol. The number of nitrogens with zero attached hydrogens (tertiary/aromatic N) is 3. The fourth-order valence-electron chi connectivity index (χ4n) is 2.05. The van der Waals surface area contributed by atoms with Crippen LogP contribution in [0, 0.1) is 0 Å². The molecule has 2 N–H and O–H groups in total. The number of hydrogen-bond acceptors (Lipinski definition) is 5. The van der Waals surface area contributed by atoms with Gasteiger partial charge in [-0.15, -0.1) is 11.3 Å². The summed E-state index contributed by atoms with van der Waals surface area (Å²) in [7, 11) is 0. The first-order valence-corrected chi connectivity index (χ1v) is 7.88. The Morgan fingerprint density at radius 3 is 2.60 bits per heavy atom. The Bertz CT molecular complexity index is 623. The van der Waals surface area contributed by atoms with Gasteiger partial charge in [-0.2, -0.15) is 0 Å². The maximum absolute atomic E-state index is 5.88. The van der Waals surface area contributed by atoms with Crippen molar-refractivity contribution in [2.24, 2.45) is 0 Å². The van der Waals surface area contributed by atoms with E-state index in [1.54, 1.807) is 11.3 Å². The molecule has 0 atom stereocenters. The van der Waals surface area contributed by atoms with Crippen molar-refractivity contribution in [3.05, 3.63) is 33.7 Å². The van der Waals surface area contributed by atoms with E-state index in [1.807, 2.05) is 6.07 Å². The molecule has 3 rings (SSSR count). The predicted octanol–water partition coefficient (Wildman–Crippen LogP) is 3.28. The van der Waals surface area contributed by atoms with Crippen LogP contribution in [0.2, 0.25) is 0 Å². The van der Waals surface area contributed by atoms with Gasteiger partial charge in [0, 0.05) is 29.2 Å². The van der Waals surface area contributed by atoms with E-state index in [2.05, 4.69) is 36.1 Å². The topological polar surface area (TPSA) is 64.7 Å². The van der Waals surface area contributed by atoms with E-state index in [-0.39, 0.29) is 5.41 Å². The summed E-state index contributed by atoms with van der Waals surface area (Å²) in [5.74, 6) is 2.01. The maximum Gasteiger partial charge on any atom is 0.134 e. The fourth-order valence-corrected chi connectivity index (χ4v) is 3.08. The second-order valence-corrected chi connectivity index (χ2v) is 7.41. The number of aromatic nitrogens is 3. The zero-order valence-corrected chi connectivity index (χ0v) is 13.0. The Morgan fingerprint density at radius 1 is 1.25 bits per heavy atom. The summed E-state index contributed by atoms with van der Waals surface area (Å²) < 4.78 is 0. The van der Waals surface area contributed by atoms with Crippen LogP contribution in [-0.4, -0.2) is 15.0 Å². The molecule has 0 bridgehead atoms. The molecule has 0 amide bonds. The lowest BCUT2D eigenvalue weighted by Crippen LogP contribution is -2.11. The van der Waals surface area contributed by atoms with Gasteiger partial charge in [-0.3, -0.25) is 0 Å². The highest BCUT2D eigenvalue weighted by Gasteiger charge is 2.27. The molecule has 2 aromatic rings. The van der Waals surface area contributed by atoms with Gasteiger partial charge in [0.15, 0.2) is 0 Å². The molecule has 2 heterocycles. The van der Waals surface area contributed by atoms with E-state index >= 15 is 0 Å². The van der Waals surface area contributed by atoms with Crippen LogP contribution in [0.4, 0.5) is 5.82 Å². The van der Waals surface area contributed by atoms with Crippen LogP contribution in [0.5, 0.6) is 0 Å². The van der Waals surface area contributed by atoms with Gasteiger partial charge in [0.25, 0.3) is 0 Å². The molecule has 1 saturated carbocycles. The lowest BCUT2D eigenvalue weighted by Gasteiger charge is -2.14. The van der Waals surface area contributed by atoms with Crippen molar-refractivity contribution < 1.29 is 0 Å². The Kier molecular flexibility index (Phi) is 3.24. The summed E-state index contributed by atoms with van der Waals surface area (Å²) in [5.41, 5.74) is 8.10. The minimum Gasteiger partial charge on any atom is -0.384 e. The van der Waals surface area contributed by atoms with Crippen molar-refractivity contribution in [3.63, 3.8) is 0 Å². The summed E-state index contributed by atoms with van der Waals surface area (Å²) in [6, 6.07) is 1.87. The fraction of sp³-hybridized carbons (Fsp3) is 0.533. The lowest BCUT2D eigenvalue weighted by molar-refractivity contribution is 0.571. The Morgan fingerprint density at radius 2 is 2.00 bits per heavy atom. The molecule has 0 radical (unpaired) electrons. The number of anilines is 1. The minimum atomic E-state index is 0.0959. The highest BCUT2D eigenvalue weighted by atomic mass is 32.1. The van der Waals surface area contributed by atoms with Gasteiger partial charge in [-0.25, -0.2) is 15.0 Å². The van der Waals surface area contributed by atoms with Crippen molar-refractivity contribution in [1.82, 2.24) is 15.0 Å². The zero-order chi connectivity index (χ0) is 14.3. The van der Waals surface area contributed by atoms with Crippen LogP contribution in [0.15, 0.2) is 11.4 Å². The third kappa shape index (κ3) is 2.98. The molecule has 0 unspecified atom stereocenters. The number of hydrogen-bond donors (Lipinski definition) is 1. The highest BCUT2D eigenvalue weighted by Crippen LogP contribution is 2.38. The quantitative estimate of drug-likeness (QED) is 0.941. The van der Waals surface area contributed by atoms with E-state index in [1.165, 1.54) is 12.8 Å². The van der Waals surface area contributed by atoms with E-state index < -0.39 is 0 Å². The molecule has 0 spiro atoms. The average molecular weight is 288 g/mol. The van der Waals surface area contributed by atoms with E-state index in [9.17, 15) is 0 Å². The van der Waals surface area contributed by atoms with Crippen molar-refractivity contribution >= 4 is 17.2 Å². The first-order chi connectivity index (χ1) is 9.41. The third-order valence-corrected chi connectivity index (χ3v) is 4.26. The Hall–Kier alpha value is -1.49. The Labute approximate surface area is 123 Å². The largest absolute Gasteiger partial charge is 0.384 e. The van der Waals surface area contributed by atoms with E-state index in [0.29, 0.717) is 11.7 Å². The monoisotopic (exact) mass is 288 g/mol. The standard InChI is InChI=1S/C15H20N4S/c1-15(2,3)11-8-20-13(18-11)7-10-6-12(16)19-14(17-10)9-4-5-9/h6,8-9H,4-5,7H2,1-3H3,(H2,16,17,19). The van der Waals surface area contributed by atoms with Crippen molar-refractivity contribution in [2.75, 3.05) is 5.73 Å². The minimum absolute atomic E-state index is 0.0959. The summed E-state index contributed by atoms with van der Waals surface area (Å²) in [6.45, 7) is 6.54. The van der Waals surface area contributed by atoms with E-state index in [0.717, 1.165) is 28.6 Å². The number of rotatable bonds is 3. The molecule has 0 aromatic carbocycles. The molecule has 106 valence electrons. The SMILES string of the molecule is CC(C)(C)c1csc(Cc2cc(N)nc(C3CC3)n2)n1. The number of nitrogen functional groups attached to an aromatic ring is 1. The molecule has 2 aromatic heterocycles. The molecule has 1 aliphatic carbocycles. The smallest absolute Gasteiger partial charge is 0.134 e. The van der Waals surface area contributed by atoms with Crippen LogP contribution in [0.1, 0.15) is 61.8 Å². The van der Waals surface area contributed by atoms with Crippen LogP contribution in [0.25, 0.3) is 0 Å². The van der Waals surface area contributed by atoms with Crippen LogP contribution >= 0.6 is 11.3 Å². The summed E-state index contributed by atoms with van der Waals surface area (Å²) in [5, 5.41) is 3.23. The highest BCUT2D eigenvalue weighted by molar-refractivity contribution is 7.09. The summed E-state index contributed by atoms with van der Waals surface area (Å²) >= 11 is 1.69. The lowest BCUT2D eigenvalue weighted by atomic mass is 9.93. The van der Waals surface area contributed by atoms with Crippen molar-refractivity contribution in [2.45, 2.75) is 51.4 Å². The van der Waals surface area contributed by atoms with Gasteiger partial charge in [0.2, 0.25) is 0 Å². The van der Waals surface area contributed by atoms with Crippen LogP contribution in [0.3, 0.4) is 0 Å². The Balaban J connectivity index is 1.82. The molecular formula is C15H20N4S. The average Bonchev–Trinajstić information content (AvgIpc) is 3.08. The molecule has 0 saturated heterocycles.